The molecule has 1 aromatic carbocycles. The SMILES string of the molecule is CCc1ccc2c(c1)CC(C)O2. The van der Waals surface area contributed by atoms with Crippen molar-refractivity contribution < 1.29 is 4.74 Å². The molecule has 2 rings (SSSR count). The lowest BCUT2D eigenvalue weighted by atomic mass is 10.1. The predicted octanol–water partition coefficient (Wildman–Crippen LogP) is 2.57. The van der Waals surface area contributed by atoms with E-state index >= 15 is 0 Å². The predicted molar refractivity (Wildman–Crippen MR) is 49.6 cm³/mol. The summed E-state index contributed by atoms with van der Waals surface area (Å²) in [5, 5.41) is 0. The van der Waals surface area contributed by atoms with Crippen molar-refractivity contribution in [2.75, 3.05) is 0 Å². The fourth-order valence-corrected chi connectivity index (χ4v) is 1.70. The molecule has 12 heavy (non-hydrogen) atoms. The topological polar surface area (TPSA) is 9.23 Å². The van der Waals surface area contributed by atoms with Gasteiger partial charge in [-0.3, -0.25) is 0 Å². The maximum absolute atomic E-state index is 5.61. The first-order valence-electron chi connectivity index (χ1n) is 4.58. The number of hydrogen-bond acceptors (Lipinski definition) is 1. The maximum Gasteiger partial charge on any atom is 0.123 e. The molecule has 0 aromatic heterocycles. The third-order valence-corrected chi connectivity index (χ3v) is 2.37. The molecule has 1 aliphatic heterocycles. The molecule has 1 aromatic rings. The zero-order valence-corrected chi connectivity index (χ0v) is 7.63. The summed E-state index contributed by atoms with van der Waals surface area (Å²) in [6, 6.07) is 6.51. The molecule has 0 bridgehead atoms. The van der Waals surface area contributed by atoms with Crippen LogP contribution < -0.4 is 4.74 Å². The highest BCUT2D eigenvalue weighted by Crippen LogP contribution is 2.29. The zero-order chi connectivity index (χ0) is 8.55. The minimum atomic E-state index is 0.368. The van der Waals surface area contributed by atoms with Gasteiger partial charge in [0.25, 0.3) is 0 Å². The summed E-state index contributed by atoms with van der Waals surface area (Å²) in [4.78, 5) is 0. The summed E-state index contributed by atoms with van der Waals surface area (Å²) in [7, 11) is 0. The molecule has 0 spiro atoms. The third-order valence-electron chi connectivity index (χ3n) is 2.37. The minimum Gasteiger partial charge on any atom is -0.490 e. The molecular weight excluding hydrogens is 148 g/mol. The molecule has 1 atom stereocenters. The number of rotatable bonds is 1. The first-order valence-corrected chi connectivity index (χ1v) is 4.58. The van der Waals surface area contributed by atoms with E-state index < -0.39 is 0 Å². The molecule has 0 radical (unpaired) electrons. The van der Waals surface area contributed by atoms with Crippen molar-refractivity contribution in [1.29, 1.82) is 0 Å². The molecular formula is C11H14O. The highest BCUT2D eigenvalue weighted by atomic mass is 16.5. The smallest absolute Gasteiger partial charge is 0.123 e. The van der Waals surface area contributed by atoms with Gasteiger partial charge in [-0.25, -0.2) is 0 Å². The lowest BCUT2D eigenvalue weighted by Gasteiger charge is -2.02. The Morgan fingerprint density at radius 2 is 2.33 bits per heavy atom. The Labute approximate surface area is 73.4 Å². The minimum absolute atomic E-state index is 0.368. The normalized spacial score (nSPS) is 20.3. The summed E-state index contributed by atoms with van der Waals surface area (Å²) in [5.74, 6) is 1.08. The highest BCUT2D eigenvalue weighted by Gasteiger charge is 2.18. The van der Waals surface area contributed by atoms with Crippen molar-refractivity contribution in [3.63, 3.8) is 0 Å². The number of hydrogen-bond donors (Lipinski definition) is 0. The van der Waals surface area contributed by atoms with Gasteiger partial charge < -0.3 is 4.74 Å². The summed E-state index contributed by atoms with van der Waals surface area (Å²) >= 11 is 0. The van der Waals surface area contributed by atoms with Gasteiger partial charge in [0.2, 0.25) is 0 Å². The molecule has 0 saturated heterocycles. The first-order chi connectivity index (χ1) is 5.79. The highest BCUT2D eigenvalue weighted by molar-refractivity contribution is 5.40. The Bertz CT molecular complexity index is 291. The van der Waals surface area contributed by atoms with Crippen LogP contribution >= 0.6 is 0 Å². The number of ether oxygens (including phenoxy) is 1. The van der Waals surface area contributed by atoms with E-state index in [2.05, 4.69) is 32.0 Å². The Morgan fingerprint density at radius 3 is 3.08 bits per heavy atom. The fraction of sp³-hybridized carbons (Fsp3) is 0.455. The van der Waals surface area contributed by atoms with E-state index in [1.807, 2.05) is 0 Å². The summed E-state index contributed by atoms with van der Waals surface area (Å²) < 4.78 is 5.61. The van der Waals surface area contributed by atoms with E-state index in [1.165, 1.54) is 11.1 Å². The van der Waals surface area contributed by atoms with Crippen LogP contribution in [0, 0.1) is 0 Å². The van der Waals surface area contributed by atoms with Crippen LogP contribution in [0.4, 0.5) is 0 Å². The second-order valence-corrected chi connectivity index (χ2v) is 3.43. The summed E-state index contributed by atoms with van der Waals surface area (Å²) in [6.07, 6.45) is 2.55. The van der Waals surface area contributed by atoms with Crippen molar-refractivity contribution in [3.05, 3.63) is 29.3 Å². The van der Waals surface area contributed by atoms with Crippen molar-refractivity contribution in [2.45, 2.75) is 32.8 Å². The zero-order valence-electron chi connectivity index (χ0n) is 7.63. The van der Waals surface area contributed by atoms with Gasteiger partial charge in [0.1, 0.15) is 11.9 Å². The second kappa shape index (κ2) is 2.81. The first kappa shape index (κ1) is 7.66. The van der Waals surface area contributed by atoms with Crippen LogP contribution in [0.3, 0.4) is 0 Å². The molecule has 1 heteroatoms. The Kier molecular flexibility index (Phi) is 1.80. The average molecular weight is 162 g/mol. The molecule has 0 amide bonds. The van der Waals surface area contributed by atoms with Gasteiger partial charge >= 0.3 is 0 Å². The standard InChI is InChI=1S/C11H14O/c1-3-9-4-5-11-10(7-9)6-8(2)12-11/h4-5,7-8H,3,6H2,1-2H3. The van der Waals surface area contributed by atoms with E-state index in [0.29, 0.717) is 6.10 Å². The molecule has 1 unspecified atom stereocenters. The van der Waals surface area contributed by atoms with Crippen molar-refractivity contribution in [2.24, 2.45) is 0 Å². The monoisotopic (exact) mass is 162 g/mol. The lowest BCUT2D eigenvalue weighted by Crippen LogP contribution is -2.05. The van der Waals surface area contributed by atoms with Crippen LogP contribution in [0.5, 0.6) is 5.75 Å². The number of benzene rings is 1. The van der Waals surface area contributed by atoms with Crippen LogP contribution in [-0.4, -0.2) is 6.10 Å². The molecule has 1 heterocycles. The van der Waals surface area contributed by atoms with Crippen LogP contribution in [0.15, 0.2) is 18.2 Å². The fourth-order valence-electron chi connectivity index (χ4n) is 1.70. The molecule has 1 aliphatic rings. The Morgan fingerprint density at radius 1 is 1.50 bits per heavy atom. The second-order valence-electron chi connectivity index (χ2n) is 3.43. The molecule has 0 N–H and O–H groups in total. The van der Waals surface area contributed by atoms with Crippen LogP contribution in [0.2, 0.25) is 0 Å². The lowest BCUT2D eigenvalue weighted by molar-refractivity contribution is 0.254. The van der Waals surface area contributed by atoms with Gasteiger partial charge in [0.15, 0.2) is 0 Å². The third kappa shape index (κ3) is 1.20. The number of fused-ring (bicyclic) bond motifs is 1. The van der Waals surface area contributed by atoms with Gasteiger partial charge in [0.05, 0.1) is 0 Å². The molecule has 0 fully saturated rings. The Hall–Kier alpha value is -0.980. The van der Waals surface area contributed by atoms with Crippen molar-refractivity contribution >= 4 is 0 Å². The summed E-state index contributed by atoms with van der Waals surface area (Å²) in [5.41, 5.74) is 2.79. The van der Waals surface area contributed by atoms with Gasteiger partial charge in [-0.1, -0.05) is 19.1 Å². The maximum atomic E-state index is 5.61. The summed E-state index contributed by atoms with van der Waals surface area (Å²) in [6.45, 7) is 4.30. The molecule has 1 nitrogen and oxygen atoms in total. The van der Waals surface area contributed by atoms with Crippen LogP contribution in [0.25, 0.3) is 0 Å². The molecule has 0 saturated carbocycles. The van der Waals surface area contributed by atoms with Crippen molar-refractivity contribution in [3.8, 4) is 5.75 Å². The largest absolute Gasteiger partial charge is 0.490 e. The average Bonchev–Trinajstić information content (AvgIpc) is 2.43. The van der Waals surface area contributed by atoms with E-state index in [4.69, 9.17) is 4.74 Å². The van der Waals surface area contributed by atoms with Gasteiger partial charge in [-0.15, -0.1) is 0 Å². The number of aryl methyl sites for hydroxylation is 1. The molecule has 0 aliphatic carbocycles. The van der Waals surface area contributed by atoms with Crippen molar-refractivity contribution in [1.82, 2.24) is 0 Å². The van der Waals surface area contributed by atoms with E-state index in [1.54, 1.807) is 0 Å². The van der Waals surface area contributed by atoms with E-state index in [0.717, 1.165) is 18.6 Å². The Balaban J connectivity index is 2.35. The van der Waals surface area contributed by atoms with Gasteiger partial charge in [-0.05, 0) is 30.5 Å². The van der Waals surface area contributed by atoms with Crippen LogP contribution in [-0.2, 0) is 12.8 Å². The van der Waals surface area contributed by atoms with Crippen LogP contribution in [0.1, 0.15) is 25.0 Å². The van der Waals surface area contributed by atoms with E-state index in [9.17, 15) is 0 Å². The molecule has 64 valence electrons. The van der Waals surface area contributed by atoms with E-state index in [-0.39, 0.29) is 0 Å². The van der Waals surface area contributed by atoms with Gasteiger partial charge in [0, 0.05) is 6.42 Å². The quantitative estimate of drug-likeness (QED) is 0.616. The van der Waals surface area contributed by atoms with Gasteiger partial charge in [-0.2, -0.15) is 0 Å².